The van der Waals surface area contributed by atoms with Crippen LogP contribution in [0.4, 0.5) is 5.69 Å². The number of nitrogens with one attached hydrogen (secondary N) is 1. The SMILES string of the molecule is COc1ccc2oc(=NO)c(C(=O)Nc3ccccc3Cl)cc2c1. The van der Waals surface area contributed by atoms with Gasteiger partial charge < -0.3 is 19.7 Å². The van der Waals surface area contributed by atoms with E-state index in [-0.39, 0.29) is 11.1 Å². The second kappa shape index (κ2) is 6.64. The van der Waals surface area contributed by atoms with Crippen molar-refractivity contribution in [3.8, 4) is 5.75 Å². The Hall–Kier alpha value is -2.99. The van der Waals surface area contributed by atoms with Gasteiger partial charge in [-0.15, -0.1) is 0 Å². The first-order valence-corrected chi connectivity index (χ1v) is 7.36. The minimum absolute atomic E-state index is 0.0678. The number of rotatable bonds is 3. The topological polar surface area (TPSA) is 84.1 Å². The zero-order valence-corrected chi connectivity index (χ0v) is 13.4. The third-order valence-electron chi connectivity index (χ3n) is 3.41. The Kier molecular flexibility index (Phi) is 4.39. The van der Waals surface area contributed by atoms with Crippen molar-refractivity contribution in [1.82, 2.24) is 0 Å². The summed E-state index contributed by atoms with van der Waals surface area (Å²) in [5, 5.41) is 15.9. The van der Waals surface area contributed by atoms with E-state index in [1.165, 1.54) is 0 Å². The first-order valence-electron chi connectivity index (χ1n) is 6.98. The van der Waals surface area contributed by atoms with Gasteiger partial charge in [-0.05, 0) is 41.6 Å². The van der Waals surface area contributed by atoms with Crippen molar-refractivity contribution in [3.05, 3.63) is 64.7 Å². The fourth-order valence-corrected chi connectivity index (χ4v) is 2.41. The highest BCUT2D eigenvalue weighted by molar-refractivity contribution is 6.33. The number of anilines is 1. The van der Waals surface area contributed by atoms with Crippen molar-refractivity contribution in [2.24, 2.45) is 5.16 Å². The summed E-state index contributed by atoms with van der Waals surface area (Å²) in [6.07, 6.45) is 0. The van der Waals surface area contributed by atoms with Crippen LogP contribution in [0.15, 0.2) is 58.1 Å². The molecule has 0 aliphatic rings. The molecule has 3 aromatic rings. The summed E-state index contributed by atoms with van der Waals surface area (Å²) in [6, 6.07) is 13.5. The predicted octanol–water partition coefficient (Wildman–Crippen LogP) is 3.64. The van der Waals surface area contributed by atoms with Crippen LogP contribution in [0.25, 0.3) is 11.0 Å². The molecule has 3 rings (SSSR count). The number of hydrogen-bond acceptors (Lipinski definition) is 5. The van der Waals surface area contributed by atoms with Crippen molar-refractivity contribution in [1.29, 1.82) is 0 Å². The third kappa shape index (κ3) is 3.04. The maximum Gasteiger partial charge on any atom is 0.268 e. The first kappa shape index (κ1) is 15.9. The van der Waals surface area contributed by atoms with E-state index in [0.29, 0.717) is 27.4 Å². The highest BCUT2D eigenvalue weighted by atomic mass is 35.5. The molecule has 0 radical (unpaired) electrons. The molecule has 1 aromatic heterocycles. The van der Waals surface area contributed by atoms with E-state index < -0.39 is 5.91 Å². The molecule has 0 unspecified atom stereocenters. The smallest absolute Gasteiger partial charge is 0.268 e. The Morgan fingerprint density at radius 2 is 2.04 bits per heavy atom. The van der Waals surface area contributed by atoms with Crippen molar-refractivity contribution < 1.29 is 19.2 Å². The number of carbonyl (C=O) groups excluding carboxylic acids is 1. The Labute approximate surface area is 141 Å². The molecule has 0 aliphatic carbocycles. The lowest BCUT2D eigenvalue weighted by molar-refractivity contribution is 0.102. The van der Waals surface area contributed by atoms with Gasteiger partial charge in [0.1, 0.15) is 16.9 Å². The van der Waals surface area contributed by atoms with Crippen LogP contribution >= 0.6 is 11.6 Å². The first-order chi connectivity index (χ1) is 11.6. The Morgan fingerprint density at radius 3 is 2.75 bits per heavy atom. The monoisotopic (exact) mass is 344 g/mol. The van der Waals surface area contributed by atoms with E-state index >= 15 is 0 Å². The van der Waals surface area contributed by atoms with E-state index in [0.717, 1.165) is 0 Å². The van der Waals surface area contributed by atoms with Gasteiger partial charge in [0.05, 0.1) is 17.8 Å². The normalized spacial score (nSPS) is 11.5. The Morgan fingerprint density at radius 1 is 1.25 bits per heavy atom. The second-order valence-electron chi connectivity index (χ2n) is 4.90. The van der Waals surface area contributed by atoms with Crippen molar-refractivity contribution in [2.45, 2.75) is 0 Å². The number of hydrogen-bond donors (Lipinski definition) is 2. The third-order valence-corrected chi connectivity index (χ3v) is 3.74. The molecule has 6 nitrogen and oxygen atoms in total. The molecule has 0 saturated carbocycles. The minimum atomic E-state index is -0.510. The summed E-state index contributed by atoms with van der Waals surface area (Å²) in [5.41, 5.74) is 0.770. The number of carbonyl (C=O) groups is 1. The number of para-hydroxylation sites is 1. The van der Waals surface area contributed by atoms with Gasteiger partial charge in [0, 0.05) is 5.39 Å². The highest BCUT2D eigenvalue weighted by Crippen LogP contribution is 2.23. The van der Waals surface area contributed by atoms with Crippen LogP contribution in [0.5, 0.6) is 5.75 Å². The maximum atomic E-state index is 12.5. The average molecular weight is 345 g/mol. The van der Waals surface area contributed by atoms with Gasteiger partial charge in [0.15, 0.2) is 0 Å². The van der Waals surface area contributed by atoms with Gasteiger partial charge in [0.2, 0.25) is 0 Å². The highest BCUT2D eigenvalue weighted by Gasteiger charge is 2.14. The Balaban J connectivity index is 2.07. The largest absolute Gasteiger partial charge is 0.497 e. The number of methoxy groups -OCH3 is 1. The lowest BCUT2D eigenvalue weighted by Crippen LogP contribution is -2.21. The quantitative estimate of drug-likeness (QED) is 0.561. The molecule has 0 aliphatic heterocycles. The molecule has 0 saturated heterocycles. The minimum Gasteiger partial charge on any atom is -0.497 e. The van der Waals surface area contributed by atoms with Crippen LogP contribution in [-0.4, -0.2) is 18.2 Å². The second-order valence-corrected chi connectivity index (χ2v) is 5.31. The summed E-state index contributed by atoms with van der Waals surface area (Å²) in [5.74, 6) is 0.105. The van der Waals surface area contributed by atoms with Crippen LogP contribution < -0.4 is 15.6 Å². The standard InChI is InChI=1S/C17H13ClN2O4/c1-23-11-6-7-15-10(8-11)9-12(17(20-22)24-15)16(21)19-14-5-3-2-4-13(14)18/h2-9,22H,1H3,(H,19,21). The van der Waals surface area contributed by atoms with Gasteiger partial charge in [0.25, 0.3) is 11.5 Å². The van der Waals surface area contributed by atoms with Gasteiger partial charge in [-0.25, -0.2) is 0 Å². The van der Waals surface area contributed by atoms with Crippen LogP contribution in [-0.2, 0) is 0 Å². The summed E-state index contributed by atoms with van der Waals surface area (Å²) in [6.45, 7) is 0. The predicted molar refractivity (Wildman–Crippen MR) is 89.5 cm³/mol. The zero-order chi connectivity index (χ0) is 17.1. The fourth-order valence-electron chi connectivity index (χ4n) is 2.22. The number of amides is 1. The summed E-state index contributed by atoms with van der Waals surface area (Å²) in [4.78, 5) is 12.5. The lowest BCUT2D eigenvalue weighted by atomic mass is 10.1. The van der Waals surface area contributed by atoms with Crippen LogP contribution in [0.3, 0.4) is 0 Å². The van der Waals surface area contributed by atoms with Gasteiger partial charge >= 0.3 is 0 Å². The number of halogens is 1. The lowest BCUT2D eigenvalue weighted by Gasteiger charge is -2.08. The van der Waals surface area contributed by atoms with Crippen LogP contribution in [0.2, 0.25) is 5.02 Å². The fraction of sp³-hybridized carbons (Fsp3) is 0.0588. The van der Waals surface area contributed by atoms with Crippen LogP contribution in [0.1, 0.15) is 10.4 Å². The molecule has 122 valence electrons. The van der Waals surface area contributed by atoms with E-state index in [2.05, 4.69) is 10.5 Å². The van der Waals surface area contributed by atoms with Crippen molar-refractivity contribution >= 4 is 34.2 Å². The molecule has 0 fully saturated rings. The summed E-state index contributed by atoms with van der Waals surface area (Å²) < 4.78 is 10.6. The number of nitrogens with zero attached hydrogens (tertiary/aromatic N) is 1. The molecule has 2 N–H and O–H groups in total. The molecule has 7 heteroatoms. The molecular formula is C17H13ClN2O4. The number of fused-ring (bicyclic) bond motifs is 1. The molecule has 0 bridgehead atoms. The molecular weight excluding hydrogens is 332 g/mol. The molecule has 2 aromatic carbocycles. The molecule has 0 atom stereocenters. The Bertz CT molecular complexity index is 982. The van der Waals surface area contributed by atoms with Crippen molar-refractivity contribution in [2.75, 3.05) is 12.4 Å². The average Bonchev–Trinajstić information content (AvgIpc) is 2.61. The summed E-state index contributed by atoms with van der Waals surface area (Å²) >= 11 is 6.04. The van der Waals surface area contributed by atoms with Gasteiger partial charge in [-0.2, -0.15) is 0 Å². The molecule has 0 spiro atoms. The molecule has 24 heavy (non-hydrogen) atoms. The van der Waals surface area contributed by atoms with Gasteiger partial charge in [-0.3, -0.25) is 4.79 Å². The zero-order valence-electron chi connectivity index (χ0n) is 12.6. The van der Waals surface area contributed by atoms with Crippen LogP contribution in [0, 0.1) is 0 Å². The van der Waals surface area contributed by atoms with E-state index in [1.54, 1.807) is 55.6 Å². The number of ether oxygens (including phenoxy) is 1. The maximum absolute atomic E-state index is 12.5. The molecule has 1 amide bonds. The van der Waals surface area contributed by atoms with E-state index in [1.807, 2.05) is 0 Å². The van der Waals surface area contributed by atoms with Crippen molar-refractivity contribution in [3.63, 3.8) is 0 Å². The summed E-state index contributed by atoms with van der Waals surface area (Å²) in [7, 11) is 1.54. The van der Waals surface area contributed by atoms with E-state index in [9.17, 15) is 4.79 Å². The van der Waals surface area contributed by atoms with E-state index in [4.69, 9.17) is 26.0 Å². The van der Waals surface area contributed by atoms with Gasteiger partial charge in [-0.1, -0.05) is 23.7 Å². The molecule has 1 heterocycles. The number of benzene rings is 2.